The van der Waals surface area contributed by atoms with Crippen LogP contribution in [0.1, 0.15) is 32.1 Å². The standard InChI is InChI=1S/C9H21P/c1-10(2)8-6-4-3-5-7-9-10/h10H,3-9H2,1-2H3. The van der Waals surface area contributed by atoms with Crippen LogP contribution < -0.4 is 0 Å². The zero-order valence-corrected chi connectivity index (χ0v) is 8.45. The van der Waals surface area contributed by atoms with Gasteiger partial charge in [-0.1, -0.05) is 0 Å². The molecule has 62 valence electrons. The molecule has 1 saturated heterocycles. The van der Waals surface area contributed by atoms with Gasteiger partial charge in [0.25, 0.3) is 0 Å². The van der Waals surface area contributed by atoms with E-state index in [1.165, 1.54) is 32.1 Å². The normalized spacial score (nSPS) is 30.2. The molecule has 1 rings (SSSR count). The van der Waals surface area contributed by atoms with Gasteiger partial charge in [0.2, 0.25) is 0 Å². The van der Waals surface area contributed by atoms with Crippen LogP contribution >= 0.6 is 7.26 Å². The molecule has 1 heterocycles. The second-order valence-corrected chi connectivity index (χ2v) is 9.76. The van der Waals surface area contributed by atoms with Gasteiger partial charge in [-0.3, -0.25) is 0 Å². The van der Waals surface area contributed by atoms with Crippen LogP contribution in [0.5, 0.6) is 0 Å². The van der Waals surface area contributed by atoms with Crippen molar-refractivity contribution in [1.29, 1.82) is 0 Å². The molecule has 0 aromatic heterocycles. The van der Waals surface area contributed by atoms with Crippen molar-refractivity contribution in [3.8, 4) is 0 Å². The SMILES string of the molecule is C[PH]1(C)CCCCCCC1. The summed E-state index contributed by atoms with van der Waals surface area (Å²) in [5.74, 6) is 0. The van der Waals surface area contributed by atoms with Crippen LogP contribution in [0.25, 0.3) is 0 Å². The van der Waals surface area contributed by atoms with Crippen molar-refractivity contribution >= 4 is 7.26 Å². The van der Waals surface area contributed by atoms with E-state index in [-0.39, 0.29) is 0 Å². The predicted molar refractivity (Wildman–Crippen MR) is 53.0 cm³/mol. The Hall–Kier alpha value is 0.430. The number of hydrogen-bond donors (Lipinski definition) is 0. The van der Waals surface area contributed by atoms with Crippen LogP contribution in [-0.4, -0.2) is 25.7 Å². The fourth-order valence-electron chi connectivity index (χ4n) is 1.86. The first-order valence-corrected chi connectivity index (χ1v) is 8.12. The summed E-state index contributed by atoms with van der Waals surface area (Å²) in [5, 5.41) is 0. The molecule has 0 aliphatic carbocycles. The second-order valence-electron chi connectivity index (χ2n) is 4.43. The van der Waals surface area contributed by atoms with Crippen molar-refractivity contribution in [3.05, 3.63) is 0 Å². The molecule has 0 nitrogen and oxygen atoms in total. The molecule has 0 unspecified atom stereocenters. The zero-order chi connectivity index (χ0) is 7.45. The first kappa shape index (κ1) is 8.53. The van der Waals surface area contributed by atoms with E-state index in [0.29, 0.717) is 0 Å². The average molecular weight is 160 g/mol. The van der Waals surface area contributed by atoms with E-state index in [1.54, 1.807) is 12.3 Å². The molecule has 0 aromatic rings. The van der Waals surface area contributed by atoms with Crippen molar-refractivity contribution in [2.24, 2.45) is 0 Å². The molecular formula is C9H21P. The van der Waals surface area contributed by atoms with Crippen molar-refractivity contribution in [3.63, 3.8) is 0 Å². The maximum absolute atomic E-state index is 2.55. The van der Waals surface area contributed by atoms with Crippen molar-refractivity contribution in [2.75, 3.05) is 25.7 Å². The van der Waals surface area contributed by atoms with Crippen LogP contribution in [0.3, 0.4) is 0 Å². The van der Waals surface area contributed by atoms with Gasteiger partial charge in [-0.05, 0) is 0 Å². The summed E-state index contributed by atoms with van der Waals surface area (Å²) in [6.45, 7) is 5.11. The fraction of sp³-hybridized carbons (Fsp3) is 1.00. The maximum atomic E-state index is 2.55. The molecule has 0 saturated carbocycles. The first-order valence-electron chi connectivity index (χ1n) is 4.71. The van der Waals surface area contributed by atoms with Crippen molar-refractivity contribution in [2.45, 2.75) is 32.1 Å². The van der Waals surface area contributed by atoms with Gasteiger partial charge in [0.05, 0.1) is 0 Å². The first-order chi connectivity index (χ1) is 4.71. The molecule has 0 aromatic carbocycles. The molecule has 1 aliphatic rings. The average Bonchev–Trinajstić information content (AvgIpc) is 1.81. The molecule has 0 spiro atoms. The second kappa shape index (κ2) is 3.72. The van der Waals surface area contributed by atoms with Gasteiger partial charge >= 0.3 is 65.0 Å². The Morgan fingerprint density at radius 2 is 1.10 bits per heavy atom. The molecule has 1 aliphatic heterocycles. The van der Waals surface area contributed by atoms with E-state index in [4.69, 9.17) is 0 Å². The molecule has 0 N–H and O–H groups in total. The Bertz CT molecular complexity index is 86.9. The Morgan fingerprint density at radius 3 is 1.60 bits per heavy atom. The minimum absolute atomic E-state index is 0.673. The molecule has 0 amide bonds. The van der Waals surface area contributed by atoms with Gasteiger partial charge in [0, 0.05) is 0 Å². The zero-order valence-electron chi connectivity index (χ0n) is 7.45. The van der Waals surface area contributed by atoms with Crippen LogP contribution in [0.2, 0.25) is 0 Å². The monoisotopic (exact) mass is 160 g/mol. The van der Waals surface area contributed by atoms with Gasteiger partial charge in [-0.2, -0.15) is 0 Å². The summed E-state index contributed by atoms with van der Waals surface area (Å²) in [5.41, 5.74) is 0. The third-order valence-electron chi connectivity index (χ3n) is 2.71. The quantitative estimate of drug-likeness (QED) is 0.478. The third-order valence-corrected chi connectivity index (χ3v) is 6.12. The van der Waals surface area contributed by atoms with Crippen LogP contribution in [0, 0.1) is 0 Å². The van der Waals surface area contributed by atoms with Crippen LogP contribution in [0.15, 0.2) is 0 Å². The molecular weight excluding hydrogens is 139 g/mol. The Balaban J connectivity index is 2.30. The number of rotatable bonds is 0. The molecule has 0 radical (unpaired) electrons. The minimum atomic E-state index is -0.673. The molecule has 10 heavy (non-hydrogen) atoms. The van der Waals surface area contributed by atoms with Gasteiger partial charge < -0.3 is 0 Å². The van der Waals surface area contributed by atoms with Crippen molar-refractivity contribution < 1.29 is 0 Å². The fourth-order valence-corrected chi connectivity index (χ4v) is 4.53. The Labute approximate surface area is 65.7 Å². The van der Waals surface area contributed by atoms with Crippen molar-refractivity contribution in [1.82, 2.24) is 0 Å². The third kappa shape index (κ3) is 3.01. The van der Waals surface area contributed by atoms with E-state index < -0.39 is 7.26 Å². The van der Waals surface area contributed by atoms with E-state index >= 15 is 0 Å². The molecule has 0 bridgehead atoms. The van der Waals surface area contributed by atoms with Gasteiger partial charge in [-0.15, -0.1) is 0 Å². The number of hydrogen-bond acceptors (Lipinski definition) is 0. The summed E-state index contributed by atoms with van der Waals surface area (Å²) in [6, 6.07) is 0. The van der Waals surface area contributed by atoms with E-state index in [9.17, 15) is 0 Å². The molecule has 0 atom stereocenters. The molecule has 1 fully saturated rings. The van der Waals surface area contributed by atoms with Gasteiger partial charge in [-0.25, -0.2) is 0 Å². The van der Waals surface area contributed by atoms with Gasteiger partial charge in [0.15, 0.2) is 0 Å². The van der Waals surface area contributed by atoms with Crippen LogP contribution in [-0.2, 0) is 0 Å². The Kier molecular flexibility index (Phi) is 3.17. The summed E-state index contributed by atoms with van der Waals surface area (Å²) >= 11 is 0. The van der Waals surface area contributed by atoms with E-state index in [2.05, 4.69) is 13.3 Å². The van der Waals surface area contributed by atoms with E-state index in [0.717, 1.165) is 0 Å². The summed E-state index contributed by atoms with van der Waals surface area (Å²) in [7, 11) is -0.673. The molecule has 1 heteroatoms. The van der Waals surface area contributed by atoms with Gasteiger partial charge in [0.1, 0.15) is 0 Å². The van der Waals surface area contributed by atoms with Crippen LogP contribution in [0.4, 0.5) is 0 Å². The Morgan fingerprint density at radius 1 is 0.700 bits per heavy atom. The predicted octanol–water partition coefficient (Wildman–Crippen LogP) is 2.96. The van der Waals surface area contributed by atoms with E-state index in [1.807, 2.05) is 0 Å². The summed E-state index contributed by atoms with van der Waals surface area (Å²) in [6.07, 6.45) is 10.8. The topological polar surface area (TPSA) is 0 Å². The summed E-state index contributed by atoms with van der Waals surface area (Å²) < 4.78 is 0. The summed E-state index contributed by atoms with van der Waals surface area (Å²) in [4.78, 5) is 0.